The van der Waals surface area contributed by atoms with Crippen LogP contribution in [0, 0.1) is 13.8 Å². The van der Waals surface area contributed by atoms with Crippen molar-refractivity contribution in [2.75, 3.05) is 6.61 Å². The first-order chi connectivity index (χ1) is 7.68. The number of ether oxygens (including phenoxy) is 1. The Balaban J connectivity index is 2.11. The van der Waals surface area contributed by atoms with E-state index in [9.17, 15) is 4.79 Å². The molecule has 2 heteroatoms. The monoisotopic (exact) mass is 218 g/mol. The number of rotatable bonds is 3. The molecule has 0 N–H and O–H groups in total. The lowest BCUT2D eigenvalue weighted by molar-refractivity contribution is -0.127. The van der Waals surface area contributed by atoms with Crippen LogP contribution in [0.3, 0.4) is 0 Å². The zero-order chi connectivity index (χ0) is 11.5. The molecule has 1 fully saturated rings. The minimum absolute atomic E-state index is 0.154. The Morgan fingerprint density at radius 2 is 2.06 bits per heavy atom. The average molecular weight is 218 g/mol. The molecule has 0 saturated carbocycles. The van der Waals surface area contributed by atoms with Gasteiger partial charge in [-0.2, -0.15) is 0 Å². The molecule has 0 aliphatic carbocycles. The van der Waals surface area contributed by atoms with Crippen molar-refractivity contribution >= 4 is 5.78 Å². The molecule has 2 rings (SSSR count). The fourth-order valence-electron chi connectivity index (χ4n) is 2.25. The predicted molar refractivity (Wildman–Crippen MR) is 63.6 cm³/mol. The van der Waals surface area contributed by atoms with Crippen LogP contribution in [0.4, 0.5) is 0 Å². The highest BCUT2D eigenvalue weighted by molar-refractivity contribution is 5.86. The van der Waals surface area contributed by atoms with Gasteiger partial charge in [-0.3, -0.25) is 4.79 Å². The second-order valence-corrected chi connectivity index (χ2v) is 4.52. The van der Waals surface area contributed by atoms with E-state index in [1.807, 2.05) is 6.07 Å². The molecule has 86 valence electrons. The van der Waals surface area contributed by atoms with Crippen LogP contribution in [0.15, 0.2) is 18.2 Å². The van der Waals surface area contributed by atoms with Gasteiger partial charge in [-0.25, -0.2) is 0 Å². The highest BCUT2D eigenvalue weighted by Crippen LogP contribution is 2.19. The van der Waals surface area contributed by atoms with Crippen LogP contribution in [0.1, 0.15) is 29.5 Å². The Morgan fingerprint density at radius 1 is 1.38 bits per heavy atom. The Morgan fingerprint density at radius 3 is 2.62 bits per heavy atom. The average Bonchev–Trinajstić information content (AvgIpc) is 2.76. The molecular formula is C14H18O2. The first-order valence-corrected chi connectivity index (χ1v) is 5.88. The molecule has 2 nitrogen and oxygen atoms in total. The van der Waals surface area contributed by atoms with Gasteiger partial charge in [0, 0.05) is 13.0 Å². The van der Waals surface area contributed by atoms with E-state index in [4.69, 9.17) is 4.74 Å². The van der Waals surface area contributed by atoms with Crippen molar-refractivity contribution in [2.24, 2.45) is 0 Å². The van der Waals surface area contributed by atoms with Gasteiger partial charge in [0.1, 0.15) is 6.10 Å². The van der Waals surface area contributed by atoms with Crippen LogP contribution in [-0.2, 0) is 16.0 Å². The summed E-state index contributed by atoms with van der Waals surface area (Å²) in [5.41, 5.74) is 3.57. The summed E-state index contributed by atoms with van der Waals surface area (Å²) < 4.78 is 5.42. The van der Waals surface area contributed by atoms with Crippen molar-refractivity contribution in [1.82, 2.24) is 0 Å². The first kappa shape index (κ1) is 11.3. The molecule has 1 aliphatic rings. The number of aryl methyl sites for hydroxylation is 2. The SMILES string of the molecule is Cc1cccc(C)c1CC(=O)C1CCCO1. The van der Waals surface area contributed by atoms with Gasteiger partial charge in [-0.05, 0) is 43.4 Å². The summed E-state index contributed by atoms with van der Waals surface area (Å²) in [6.45, 7) is 4.86. The van der Waals surface area contributed by atoms with Crippen LogP contribution < -0.4 is 0 Å². The second kappa shape index (κ2) is 4.79. The van der Waals surface area contributed by atoms with Gasteiger partial charge in [-0.1, -0.05) is 18.2 Å². The lowest BCUT2D eigenvalue weighted by atomic mass is 9.96. The molecule has 0 radical (unpaired) electrons. The predicted octanol–water partition coefficient (Wildman–Crippen LogP) is 2.59. The van der Waals surface area contributed by atoms with Crippen molar-refractivity contribution < 1.29 is 9.53 Å². The number of hydrogen-bond donors (Lipinski definition) is 0. The number of ketones is 1. The van der Waals surface area contributed by atoms with E-state index >= 15 is 0 Å². The molecule has 16 heavy (non-hydrogen) atoms. The molecule has 0 aromatic heterocycles. The van der Waals surface area contributed by atoms with E-state index in [-0.39, 0.29) is 11.9 Å². The summed E-state index contributed by atoms with van der Waals surface area (Å²) in [5, 5.41) is 0. The maximum absolute atomic E-state index is 12.0. The van der Waals surface area contributed by atoms with Crippen LogP contribution in [0.25, 0.3) is 0 Å². The topological polar surface area (TPSA) is 26.3 Å². The Labute approximate surface area is 96.6 Å². The molecule has 1 unspecified atom stereocenters. The molecular weight excluding hydrogens is 200 g/mol. The zero-order valence-electron chi connectivity index (χ0n) is 9.95. The maximum atomic E-state index is 12.0. The normalized spacial score (nSPS) is 20.0. The van der Waals surface area contributed by atoms with Crippen molar-refractivity contribution in [1.29, 1.82) is 0 Å². The van der Waals surface area contributed by atoms with Gasteiger partial charge in [-0.15, -0.1) is 0 Å². The smallest absolute Gasteiger partial charge is 0.165 e. The lowest BCUT2D eigenvalue weighted by Crippen LogP contribution is -2.22. The molecule has 0 bridgehead atoms. The lowest BCUT2D eigenvalue weighted by Gasteiger charge is -2.12. The molecule has 1 saturated heterocycles. The van der Waals surface area contributed by atoms with Gasteiger partial charge in [0.25, 0.3) is 0 Å². The largest absolute Gasteiger partial charge is 0.370 e. The molecule has 0 spiro atoms. The summed E-state index contributed by atoms with van der Waals surface area (Å²) in [7, 11) is 0. The van der Waals surface area contributed by atoms with Crippen LogP contribution in [0.2, 0.25) is 0 Å². The second-order valence-electron chi connectivity index (χ2n) is 4.52. The van der Waals surface area contributed by atoms with Gasteiger partial charge in [0.2, 0.25) is 0 Å². The molecule has 0 amide bonds. The quantitative estimate of drug-likeness (QED) is 0.779. The number of benzene rings is 1. The molecule has 1 heterocycles. The summed E-state index contributed by atoms with van der Waals surface area (Å²) in [6, 6.07) is 6.15. The van der Waals surface area contributed by atoms with Crippen LogP contribution in [-0.4, -0.2) is 18.5 Å². The number of hydrogen-bond acceptors (Lipinski definition) is 2. The number of Topliss-reactive ketones (excluding diaryl/α,β-unsaturated/α-hetero) is 1. The van der Waals surface area contributed by atoms with Crippen LogP contribution in [0.5, 0.6) is 0 Å². The summed E-state index contributed by atoms with van der Waals surface area (Å²) >= 11 is 0. The number of carbonyl (C=O) groups is 1. The standard InChI is InChI=1S/C14H18O2/c1-10-5-3-6-11(2)12(10)9-13(15)14-7-4-8-16-14/h3,5-6,14H,4,7-9H2,1-2H3. The van der Waals surface area contributed by atoms with Gasteiger partial charge >= 0.3 is 0 Å². The third-order valence-corrected chi connectivity index (χ3v) is 3.28. The Hall–Kier alpha value is -1.15. The minimum atomic E-state index is -0.154. The van der Waals surface area contributed by atoms with E-state index < -0.39 is 0 Å². The molecule has 1 atom stereocenters. The summed E-state index contributed by atoms with van der Waals surface area (Å²) in [6.07, 6.45) is 2.27. The molecule has 1 aromatic carbocycles. The van der Waals surface area contributed by atoms with E-state index in [0.717, 1.165) is 19.4 Å². The van der Waals surface area contributed by atoms with Gasteiger partial charge in [0.05, 0.1) is 0 Å². The van der Waals surface area contributed by atoms with E-state index in [2.05, 4.69) is 26.0 Å². The van der Waals surface area contributed by atoms with Crippen molar-refractivity contribution in [3.63, 3.8) is 0 Å². The van der Waals surface area contributed by atoms with E-state index in [1.165, 1.54) is 16.7 Å². The fourth-order valence-corrected chi connectivity index (χ4v) is 2.25. The van der Waals surface area contributed by atoms with E-state index in [0.29, 0.717) is 6.42 Å². The Kier molecular flexibility index (Phi) is 3.39. The third kappa shape index (κ3) is 2.33. The third-order valence-electron chi connectivity index (χ3n) is 3.28. The van der Waals surface area contributed by atoms with Crippen LogP contribution >= 0.6 is 0 Å². The highest BCUT2D eigenvalue weighted by Gasteiger charge is 2.24. The van der Waals surface area contributed by atoms with Crippen molar-refractivity contribution in [3.05, 3.63) is 34.9 Å². The first-order valence-electron chi connectivity index (χ1n) is 5.88. The number of carbonyl (C=O) groups excluding carboxylic acids is 1. The van der Waals surface area contributed by atoms with E-state index in [1.54, 1.807) is 0 Å². The minimum Gasteiger partial charge on any atom is -0.370 e. The summed E-state index contributed by atoms with van der Waals surface area (Å²) in [4.78, 5) is 12.0. The zero-order valence-corrected chi connectivity index (χ0v) is 9.95. The highest BCUT2D eigenvalue weighted by atomic mass is 16.5. The molecule has 1 aromatic rings. The molecule has 1 aliphatic heterocycles. The van der Waals surface area contributed by atoms with Crippen molar-refractivity contribution in [2.45, 2.75) is 39.2 Å². The van der Waals surface area contributed by atoms with Gasteiger partial charge < -0.3 is 4.74 Å². The fraction of sp³-hybridized carbons (Fsp3) is 0.500. The Bertz CT molecular complexity index is 369. The maximum Gasteiger partial charge on any atom is 0.165 e. The summed E-state index contributed by atoms with van der Waals surface area (Å²) in [5.74, 6) is 0.231. The van der Waals surface area contributed by atoms with Gasteiger partial charge in [0.15, 0.2) is 5.78 Å². The van der Waals surface area contributed by atoms with Crippen molar-refractivity contribution in [3.8, 4) is 0 Å².